The molecule has 0 atom stereocenters. The first kappa shape index (κ1) is 14.3. The first-order valence-electron chi connectivity index (χ1n) is 5.28. The van der Waals surface area contributed by atoms with Gasteiger partial charge in [0, 0.05) is 10.6 Å². The molecule has 1 N–H and O–H groups in total. The Kier molecular flexibility index (Phi) is 4.97. The lowest BCUT2D eigenvalue weighted by atomic mass is 10.1. The zero-order chi connectivity index (χ0) is 13.7. The van der Waals surface area contributed by atoms with Gasteiger partial charge >= 0.3 is 11.9 Å². The van der Waals surface area contributed by atoms with Gasteiger partial charge in [0.1, 0.15) is 11.3 Å². The molecular weight excluding hydrogens is 260 g/mol. The number of carboxylic acids is 1. The number of carboxylic acid groups (broad SMARTS) is 1. The minimum atomic E-state index is -1.14. The highest BCUT2D eigenvalue weighted by Gasteiger charge is 2.17. The average molecular weight is 273 g/mol. The Bertz CT molecular complexity index is 470. The summed E-state index contributed by atoms with van der Waals surface area (Å²) in [6.45, 7) is 3.18. The van der Waals surface area contributed by atoms with E-state index in [9.17, 15) is 9.59 Å². The smallest absolute Gasteiger partial charge is 0.344 e. The van der Waals surface area contributed by atoms with E-state index in [-0.39, 0.29) is 24.5 Å². The van der Waals surface area contributed by atoms with E-state index in [0.29, 0.717) is 10.6 Å². The lowest BCUT2D eigenvalue weighted by Crippen LogP contribution is -2.16. The van der Waals surface area contributed by atoms with Crippen LogP contribution in [0.5, 0.6) is 5.75 Å². The Hall–Kier alpha value is -1.75. The van der Waals surface area contributed by atoms with E-state index in [2.05, 4.69) is 4.74 Å². The van der Waals surface area contributed by atoms with Crippen LogP contribution in [0.25, 0.3) is 0 Å². The Morgan fingerprint density at radius 2 is 2.06 bits per heavy atom. The molecule has 0 spiro atoms. The van der Waals surface area contributed by atoms with E-state index in [0.717, 1.165) is 0 Å². The predicted octanol–water partition coefficient (Wildman–Crippen LogP) is 2.29. The Labute approximate surface area is 109 Å². The highest BCUT2D eigenvalue weighted by Crippen LogP contribution is 2.29. The van der Waals surface area contributed by atoms with Gasteiger partial charge in [-0.25, -0.2) is 9.59 Å². The molecule has 0 aliphatic carbocycles. The quantitative estimate of drug-likeness (QED) is 0.833. The summed E-state index contributed by atoms with van der Waals surface area (Å²) in [6, 6.07) is 2.80. The molecule has 0 saturated carbocycles. The number of hydrogen-bond acceptors (Lipinski definition) is 4. The van der Waals surface area contributed by atoms with Crippen molar-refractivity contribution < 1.29 is 24.2 Å². The molecule has 1 rings (SSSR count). The first-order chi connectivity index (χ1) is 8.47. The molecule has 0 unspecified atom stereocenters. The predicted molar refractivity (Wildman–Crippen MR) is 65.3 cm³/mol. The third-order valence-electron chi connectivity index (χ3n) is 2.21. The Morgan fingerprint density at radius 1 is 1.39 bits per heavy atom. The van der Waals surface area contributed by atoms with Gasteiger partial charge in [0.05, 0.1) is 6.61 Å². The number of hydrogen-bond donors (Lipinski definition) is 1. The van der Waals surface area contributed by atoms with Crippen LogP contribution in [0.15, 0.2) is 12.1 Å². The van der Waals surface area contributed by atoms with Gasteiger partial charge in [-0.05, 0) is 26.0 Å². The molecule has 5 nitrogen and oxygen atoms in total. The summed E-state index contributed by atoms with van der Waals surface area (Å²) in [6.07, 6.45) is 0. The van der Waals surface area contributed by atoms with Crippen LogP contribution in [0.1, 0.15) is 22.8 Å². The van der Waals surface area contributed by atoms with Crippen LogP contribution >= 0.6 is 11.6 Å². The molecule has 0 aromatic heterocycles. The van der Waals surface area contributed by atoms with E-state index in [1.165, 1.54) is 12.1 Å². The van der Waals surface area contributed by atoms with Gasteiger partial charge in [-0.3, -0.25) is 0 Å². The van der Waals surface area contributed by atoms with E-state index in [1.54, 1.807) is 13.8 Å². The number of benzene rings is 1. The third kappa shape index (κ3) is 3.37. The molecular formula is C12H13ClO5. The maximum atomic E-state index is 11.2. The van der Waals surface area contributed by atoms with Gasteiger partial charge in [0.2, 0.25) is 0 Å². The summed E-state index contributed by atoms with van der Waals surface area (Å²) in [5.41, 5.74) is 0.432. The molecule has 6 heteroatoms. The van der Waals surface area contributed by atoms with Crippen molar-refractivity contribution in [1.82, 2.24) is 0 Å². The summed E-state index contributed by atoms with van der Waals surface area (Å²) >= 11 is 5.88. The number of esters is 1. The standard InChI is InChI=1S/C12H13ClO5/c1-3-17-10(14)6-18-11-7(2)9(13)5-4-8(11)12(15)16/h4-5H,3,6H2,1-2H3,(H,15,16). The fraction of sp³-hybridized carbons (Fsp3) is 0.333. The number of rotatable bonds is 5. The molecule has 0 radical (unpaired) electrons. The normalized spacial score (nSPS) is 9.94. The zero-order valence-corrected chi connectivity index (χ0v) is 10.8. The lowest BCUT2D eigenvalue weighted by Gasteiger charge is -2.12. The molecule has 0 bridgehead atoms. The van der Waals surface area contributed by atoms with Crippen molar-refractivity contribution in [3.63, 3.8) is 0 Å². The highest BCUT2D eigenvalue weighted by molar-refractivity contribution is 6.31. The largest absolute Gasteiger partial charge is 0.481 e. The number of ether oxygens (including phenoxy) is 2. The zero-order valence-electron chi connectivity index (χ0n) is 10.0. The van der Waals surface area contributed by atoms with Gasteiger partial charge in [-0.15, -0.1) is 0 Å². The summed E-state index contributed by atoms with van der Waals surface area (Å²) in [7, 11) is 0. The van der Waals surface area contributed by atoms with E-state index >= 15 is 0 Å². The minimum Gasteiger partial charge on any atom is -0.481 e. The maximum absolute atomic E-state index is 11.2. The molecule has 1 aromatic rings. The van der Waals surface area contributed by atoms with Crippen molar-refractivity contribution >= 4 is 23.5 Å². The lowest BCUT2D eigenvalue weighted by molar-refractivity contribution is -0.145. The number of carbonyl (C=O) groups excluding carboxylic acids is 1. The van der Waals surface area contributed by atoms with Crippen molar-refractivity contribution in [2.45, 2.75) is 13.8 Å². The summed E-state index contributed by atoms with van der Waals surface area (Å²) in [5, 5.41) is 9.38. The van der Waals surface area contributed by atoms with E-state index in [4.69, 9.17) is 21.4 Å². The van der Waals surface area contributed by atoms with E-state index in [1.807, 2.05) is 0 Å². The topological polar surface area (TPSA) is 72.8 Å². The minimum absolute atomic E-state index is 0.0406. The van der Waals surface area contributed by atoms with Crippen LogP contribution in [-0.2, 0) is 9.53 Å². The molecule has 0 fully saturated rings. The third-order valence-corrected chi connectivity index (χ3v) is 2.62. The van der Waals surface area contributed by atoms with Gasteiger partial charge in [0.25, 0.3) is 0 Å². The molecule has 0 aliphatic heterocycles. The van der Waals surface area contributed by atoms with Crippen LogP contribution in [0.3, 0.4) is 0 Å². The number of halogens is 1. The molecule has 0 aliphatic rings. The maximum Gasteiger partial charge on any atom is 0.344 e. The molecule has 1 aromatic carbocycles. The molecule has 98 valence electrons. The van der Waals surface area contributed by atoms with Gasteiger partial charge in [-0.2, -0.15) is 0 Å². The molecule has 0 heterocycles. The monoisotopic (exact) mass is 272 g/mol. The average Bonchev–Trinajstić information content (AvgIpc) is 2.31. The Balaban J connectivity index is 2.95. The molecule has 0 amide bonds. The van der Waals surface area contributed by atoms with E-state index < -0.39 is 11.9 Å². The second-order valence-corrected chi connectivity index (χ2v) is 3.86. The fourth-order valence-electron chi connectivity index (χ4n) is 1.36. The SMILES string of the molecule is CCOC(=O)COc1c(C(=O)O)ccc(Cl)c1C. The van der Waals surface area contributed by atoms with Crippen molar-refractivity contribution in [2.24, 2.45) is 0 Å². The van der Waals surface area contributed by atoms with Gasteiger partial charge in [0.15, 0.2) is 6.61 Å². The summed E-state index contributed by atoms with van der Waals surface area (Å²) in [5.74, 6) is -1.62. The van der Waals surface area contributed by atoms with Crippen molar-refractivity contribution in [2.75, 3.05) is 13.2 Å². The van der Waals surface area contributed by atoms with Gasteiger partial charge in [-0.1, -0.05) is 11.6 Å². The Morgan fingerprint density at radius 3 is 2.61 bits per heavy atom. The summed E-state index contributed by atoms with van der Waals surface area (Å²) in [4.78, 5) is 22.2. The van der Waals surface area contributed by atoms with Crippen molar-refractivity contribution in [3.05, 3.63) is 28.3 Å². The van der Waals surface area contributed by atoms with Crippen LogP contribution in [-0.4, -0.2) is 30.3 Å². The second-order valence-electron chi connectivity index (χ2n) is 3.45. The fourth-order valence-corrected chi connectivity index (χ4v) is 1.50. The summed E-state index contributed by atoms with van der Waals surface area (Å²) < 4.78 is 9.87. The number of carbonyl (C=O) groups is 2. The number of aromatic carboxylic acids is 1. The van der Waals surface area contributed by atoms with Crippen LogP contribution in [0.2, 0.25) is 5.02 Å². The molecule has 0 saturated heterocycles. The van der Waals surface area contributed by atoms with Crippen LogP contribution in [0.4, 0.5) is 0 Å². The van der Waals surface area contributed by atoms with Crippen molar-refractivity contribution in [3.8, 4) is 5.75 Å². The van der Waals surface area contributed by atoms with Crippen molar-refractivity contribution in [1.29, 1.82) is 0 Å². The molecule has 18 heavy (non-hydrogen) atoms. The first-order valence-corrected chi connectivity index (χ1v) is 5.66. The second kappa shape index (κ2) is 6.26. The highest BCUT2D eigenvalue weighted by atomic mass is 35.5. The van der Waals surface area contributed by atoms with Crippen LogP contribution in [0, 0.1) is 6.92 Å². The van der Waals surface area contributed by atoms with Crippen LogP contribution < -0.4 is 4.74 Å². The van der Waals surface area contributed by atoms with Gasteiger partial charge < -0.3 is 14.6 Å².